The molecule has 0 saturated carbocycles. The molecule has 5 heteroatoms. The Bertz CT molecular complexity index is 583. The summed E-state index contributed by atoms with van der Waals surface area (Å²) in [6, 6.07) is 7.72. The molecule has 1 N–H and O–H groups in total. The molecule has 0 aliphatic carbocycles. The lowest BCUT2D eigenvalue weighted by molar-refractivity contribution is 0.283. The van der Waals surface area contributed by atoms with Crippen molar-refractivity contribution in [2.45, 2.75) is 39.8 Å². The molecule has 1 aromatic heterocycles. The molecule has 0 aliphatic heterocycles. The predicted octanol–water partition coefficient (Wildman–Crippen LogP) is 4.28. The number of aromatic nitrogens is 1. The molecule has 1 unspecified atom stereocenters. The molecular formula is C16H21ClN2O2. The molecule has 0 spiro atoms. The van der Waals surface area contributed by atoms with Gasteiger partial charge in [0, 0.05) is 22.7 Å². The van der Waals surface area contributed by atoms with Gasteiger partial charge in [-0.3, -0.25) is 0 Å². The average Bonchev–Trinajstić information content (AvgIpc) is 2.89. The summed E-state index contributed by atoms with van der Waals surface area (Å²) in [5, 5.41) is 8.08. The number of rotatable bonds is 7. The van der Waals surface area contributed by atoms with Crippen molar-refractivity contribution in [3.8, 4) is 5.75 Å². The molecule has 4 nitrogen and oxygen atoms in total. The molecule has 0 aliphatic rings. The van der Waals surface area contributed by atoms with E-state index in [1.165, 1.54) is 0 Å². The third-order valence-electron chi connectivity index (χ3n) is 3.19. The molecule has 2 aromatic rings. The topological polar surface area (TPSA) is 47.3 Å². The Labute approximate surface area is 130 Å². The summed E-state index contributed by atoms with van der Waals surface area (Å²) in [7, 11) is 0. The Morgan fingerprint density at radius 3 is 2.86 bits per heavy atom. The number of nitrogens with one attached hydrogen (secondary N) is 1. The Kier molecular flexibility index (Phi) is 5.65. The number of halogens is 1. The van der Waals surface area contributed by atoms with Gasteiger partial charge < -0.3 is 14.6 Å². The van der Waals surface area contributed by atoms with Crippen LogP contribution >= 0.6 is 11.6 Å². The molecule has 2 rings (SSSR count). The van der Waals surface area contributed by atoms with Gasteiger partial charge in [-0.05, 0) is 45.0 Å². The van der Waals surface area contributed by atoms with Crippen molar-refractivity contribution in [1.29, 1.82) is 0 Å². The van der Waals surface area contributed by atoms with Gasteiger partial charge >= 0.3 is 0 Å². The minimum atomic E-state index is 0.178. The Morgan fingerprint density at radius 2 is 2.19 bits per heavy atom. The van der Waals surface area contributed by atoms with Crippen LogP contribution in [0, 0.1) is 6.92 Å². The van der Waals surface area contributed by atoms with E-state index in [9.17, 15) is 0 Å². The molecular weight excluding hydrogens is 288 g/mol. The van der Waals surface area contributed by atoms with Crippen LogP contribution in [0.15, 0.2) is 28.8 Å². The Morgan fingerprint density at radius 1 is 1.38 bits per heavy atom. The van der Waals surface area contributed by atoms with E-state index in [1.54, 1.807) is 0 Å². The summed E-state index contributed by atoms with van der Waals surface area (Å²) in [5.41, 5.74) is 1.83. The second-order valence-electron chi connectivity index (χ2n) is 5.08. The van der Waals surface area contributed by atoms with E-state index < -0.39 is 0 Å². The van der Waals surface area contributed by atoms with Gasteiger partial charge in [0.25, 0.3) is 0 Å². The number of ether oxygens (including phenoxy) is 1. The van der Waals surface area contributed by atoms with Crippen LogP contribution < -0.4 is 10.1 Å². The van der Waals surface area contributed by atoms with Crippen molar-refractivity contribution in [3.63, 3.8) is 0 Å². The Hall–Kier alpha value is -1.52. The maximum absolute atomic E-state index is 6.10. The van der Waals surface area contributed by atoms with Crippen LogP contribution in [0.2, 0.25) is 5.02 Å². The fourth-order valence-corrected chi connectivity index (χ4v) is 2.28. The standard InChI is InChI=1S/C16H21ClN2O2/c1-4-7-18-12(3)15-9-13(17)5-6-16(15)20-10-14-8-11(2)21-19-14/h5-6,8-9,12,18H,4,7,10H2,1-3H3. The molecule has 1 heterocycles. The third-order valence-corrected chi connectivity index (χ3v) is 3.43. The summed E-state index contributed by atoms with van der Waals surface area (Å²) in [5.74, 6) is 1.60. The third kappa shape index (κ3) is 4.48. The number of hydrogen-bond donors (Lipinski definition) is 1. The molecule has 21 heavy (non-hydrogen) atoms. The van der Waals surface area contributed by atoms with Gasteiger partial charge in [-0.15, -0.1) is 0 Å². The summed E-state index contributed by atoms with van der Waals surface area (Å²) in [6.07, 6.45) is 1.08. The maximum Gasteiger partial charge on any atom is 0.134 e. The lowest BCUT2D eigenvalue weighted by Gasteiger charge is -2.18. The van der Waals surface area contributed by atoms with Gasteiger partial charge in [-0.2, -0.15) is 0 Å². The average molecular weight is 309 g/mol. The minimum Gasteiger partial charge on any atom is -0.487 e. The van der Waals surface area contributed by atoms with E-state index in [2.05, 4.69) is 24.3 Å². The van der Waals surface area contributed by atoms with Crippen LogP contribution in [0.25, 0.3) is 0 Å². The van der Waals surface area contributed by atoms with E-state index in [0.717, 1.165) is 35.7 Å². The van der Waals surface area contributed by atoms with Gasteiger partial charge in [-0.25, -0.2) is 0 Å². The van der Waals surface area contributed by atoms with E-state index in [4.69, 9.17) is 20.9 Å². The molecule has 1 atom stereocenters. The highest BCUT2D eigenvalue weighted by Gasteiger charge is 2.13. The van der Waals surface area contributed by atoms with E-state index >= 15 is 0 Å². The van der Waals surface area contributed by atoms with Gasteiger partial charge in [0.1, 0.15) is 23.8 Å². The van der Waals surface area contributed by atoms with Crippen LogP contribution in [0.4, 0.5) is 0 Å². The van der Waals surface area contributed by atoms with Crippen LogP contribution in [0.3, 0.4) is 0 Å². The summed E-state index contributed by atoms with van der Waals surface area (Å²) in [4.78, 5) is 0. The smallest absolute Gasteiger partial charge is 0.134 e. The minimum absolute atomic E-state index is 0.178. The number of nitrogens with zero attached hydrogens (tertiary/aromatic N) is 1. The van der Waals surface area contributed by atoms with Crippen LogP contribution in [-0.4, -0.2) is 11.7 Å². The first-order chi connectivity index (χ1) is 10.1. The molecule has 0 radical (unpaired) electrons. The fourth-order valence-electron chi connectivity index (χ4n) is 2.10. The van der Waals surface area contributed by atoms with Crippen molar-refractivity contribution in [1.82, 2.24) is 10.5 Å². The normalized spacial score (nSPS) is 12.4. The molecule has 0 amide bonds. The van der Waals surface area contributed by atoms with Gasteiger partial charge in [0.2, 0.25) is 0 Å². The SMILES string of the molecule is CCCNC(C)c1cc(Cl)ccc1OCc1cc(C)on1. The van der Waals surface area contributed by atoms with Crippen molar-refractivity contribution < 1.29 is 9.26 Å². The Balaban J connectivity index is 2.10. The lowest BCUT2D eigenvalue weighted by Crippen LogP contribution is -2.20. The largest absolute Gasteiger partial charge is 0.487 e. The summed E-state index contributed by atoms with van der Waals surface area (Å²) in [6.45, 7) is 7.44. The number of aryl methyl sites for hydroxylation is 1. The highest BCUT2D eigenvalue weighted by atomic mass is 35.5. The number of hydrogen-bond acceptors (Lipinski definition) is 4. The van der Waals surface area contributed by atoms with Crippen molar-refractivity contribution in [2.75, 3.05) is 6.54 Å². The first-order valence-corrected chi connectivity index (χ1v) is 7.55. The summed E-state index contributed by atoms with van der Waals surface area (Å²) < 4.78 is 10.9. The van der Waals surface area contributed by atoms with Crippen molar-refractivity contribution >= 4 is 11.6 Å². The lowest BCUT2D eigenvalue weighted by atomic mass is 10.1. The van der Waals surface area contributed by atoms with Crippen LogP contribution in [0.5, 0.6) is 5.75 Å². The second-order valence-corrected chi connectivity index (χ2v) is 5.51. The van der Waals surface area contributed by atoms with Gasteiger partial charge in [0.05, 0.1) is 0 Å². The monoisotopic (exact) mass is 308 g/mol. The zero-order valence-electron chi connectivity index (χ0n) is 12.6. The van der Waals surface area contributed by atoms with E-state index in [-0.39, 0.29) is 6.04 Å². The van der Waals surface area contributed by atoms with Gasteiger partial charge in [0.15, 0.2) is 0 Å². The van der Waals surface area contributed by atoms with Crippen molar-refractivity contribution in [2.24, 2.45) is 0 Å². The molecule has 0 saturated heterocycles. The molecule has 1 aromatic carbocycles. The van der Waals surface area contributed by atoms with Gasteiger partial charge in [-0.1, -0.05) is 23.7 Å². The predicted molar refractivity (Wildman–Crippen MR) is 83.7 cm³/mol. The maximum atomic E-state index is 6.10. The molecule has 0 fully saturated rings. The number of benzene rings is 1. The first kappa shape index (κ1) is 15.9. The highest BCUT2D eigenvalue weighted by Crippen LogP contribution is 2.29. The van der Waals surface area contributed by atoms with E-state index in [1.807, 2.05) is 31.2 Å². The van der Waals surface area contributed by atoms with E-state index in [0.29, 0.717) is 11.6 Å². The second kappa shape index (κ2) is 7.48. The first-order valence-electron chi connectivity index (χ1n) is 7.18. The molecule has 0 bridgehead atoms. The zero-order chi connectivity index (χ0) is 15.2. The molecule has 114 valence electrons. The van der Waals surface area contributed by atoms with Crippen molar-refractivity contribution in [3.05, 3.63) is 46.3 Å². The van der Waals surface area contributed by atoms with Crippen LogP contribution in [-0.2, 0) is 6.61 Å². The highest BCUT2D eigenvalue weighted by molar-refractivity contribution is 6.30. The fraction of sp³-hybridized carbons (Fsp3) is 0.438. The quantitative estimate of drug-likeness (QED) is 0.829. The zero-order valence-corrected chi connectivity index (χ0v) is 13.4. The summed E-state index contributed by atoms with van der Waals surface area (Å²) >= 11 is 6.10. The van der Waals surface area contributed by atoms with Crippen LogP contribution in [0.1, 0.15) is 43.3 Å².